The molecule has 2 rings (SSSR count). The van der Waals surface area contributed by atoms with Crippen molar-refractivity contribution in [1.29, 1.82) is 0 Å². The molecular formula is C23H29FN2O4. The van der Waals surface area contributed by atoms with E-state index in [1.165, 1.54) is 24.1 Å². The van der Waals surface area contributed by atoms with Crippen LogP contribution in [-0.2, 0) is 16.1 Å². The molecule has 0 aliphatic heterocycles. The summed E-state index contributed by atoms with van der Waals surface area (Å²) in [4.78, 5) is 27.0. The molecule has 0 fully saturated rings. The Morgan fingerprint density at radius 2 is 1.77 bits per heavy atom. The molecule has 0 aromatic heterocycles. The lowest BCUT2D eigenvalue weighted by Crippen LogP contribution is -2.49. The van der Waals surface area contributed by atoms with E-state index >= 15 is 0 Å². The van der Waals surface area contributed by atoms with Gasteiger partial charge in [-0.15, -0.1) is 0 Å². The van der Waals surface area contributed by atoms with Crippen molar-refractivity contribution in [2.24, 2.45) is 0 Å². The lowest BCUT2D eigenvalue weighted by molar-refractivity contribution is -0.142. The monoisotopic (exact) mass is 416 g/mol. The molecule has 2 amide bonds. The fourth-order valence-corrected chi connectivity index (χ4v) is 2.87. The van der Waals surface area contributed by atoms with Crippen molar-refractivity contribution in [3.63, 3.8) is 0 Å². The molecule has 30 heavy (non-hydrogen) atoms. The second kappa shape index (κ2) is 11.8. The van der Waals surface area contributed by atoms with Crippen molar-refractivity contribution >= 4 is 11.8 Å². The van der Waals surface area contributed by atoms with Crippen LogP contribution in [0.2, 0.25) is 0 Å². The smallest absolute Gasteiger partial charge is 0.261 e. The summed E-state index contributed by atoms with van der Waals surface area (Å²) >= 11 is 0. The second-order valence-electron chi connectivity index (χ2n) is 6.91. The minimum absolute atomic E-state index is 0.163. The number of hydrogen-bond donors (Lipinski definition) is 1. The average Bonchev–Trinajstić information content (AvgIpc) is 2.76. The number of ether oxygens (including phenoxy) is 2. The molecule has 162 valence electrons. The number of para-hydroxylation sites is 2. The largest absolute Gasteiger partial charge is 0.493 e. The number of methoxy groups -OCH3 is 1. The third-order valence-corrected chi connectivity index (χ3v) is 4.68. The van der Waals surface area contributed by atoms with E-state index in [2.05, 4.69) is 5.32 Å². The topological polar surface area (TPSA) is 67.9 Å². The number of amides is 2. The summed E-state index contributed by atoms with van der Waals surface area (Å²) in [5, 5.41) is 2.85. The zero-order valence-corrected chi connectivity index (χ0v) is 17.7. The first-order valence-corrected chi connectivity index (χ1v) is 10.0. The Kier molecular flexibility index (Phi) is 9.12. The lowest BCUT2D eigenvalue weighted by Gasteiger charge is -2.29. The van der Waals surface area contributed by atoms with Gasteiger partial charge >= 0.3 is 0 Å². The van der Waals surface area contributed by atoms with E-state index in [0.29, 0.717) is 18.0 Å². The molecule has 0 saturated heterocycles. The van der Waals surface area contributed by atoms with Gasteiger partial charge < -0.3 is 19.7 Å². The van der Waals surface area contributed by atoms with Gasteiger partial charge in [0, 0.05) is 13.1 Å². The molecule has 0 aliphatic carbocycles. The van der Waals surface area contributed by atoms with Crippen LogP contribution in [0.15, 0.2) is 48.5 Å². The number of nitrogens with zero attached hydrogens (tertiary/aromatic N) is 1. The summed E-state index contributed by atoms with van der Waals surface area (Å²) in [7, 11) is 1.52. The third-order valence-electron chi connectivity index (χ3n) is 4.68. The van der Waals surface area contributed by atoms with E-state index in [1.807, 2.05) is 6.92 Å². The van der Waals surface area contributed by atoms with Crippen LogP contribution in [0.4, 0.5) is 4.39 Å². The first-order chi connectivity index (χ1) is 14.5. The zero-order chi connectivity index (χ0) is 21.9. The number of carbonyl (C=O) groups is 2. The number of carbonyl (C=O) groups excluding carboxylic acids is 2. The Labute approximate surface area is 177 Å². The Morgan fingerprint density at radius 1 is 1.10 bits per heavy atom. The Hall–Kier alpha value is -3.09. The zero-order valence-electron chi connectivity index (χ0n) is 17.7. The normalized spacial score (nSPS) is 11.5. The Morgan fingerprint density at radius 3 is 2.40 bits per heavy atom. The van der Waals surface area contributed by atoms with Crippen LogP contribution in [0.3, 0.4) is 0 Å². The Balaban J connectivity index is 2.13. The summed E-state index contributed by atoms with van der Waals surface area (Å²) in [6.07, 6.45) is 1.82. The van der Waals surface area contributed by atoms with Crippen LogP contribution in [0.1, 0.15) is 32.3 Å². The van der Waals surface area contributed by atoms with Crippen molar-refractivity contribution < 1.29 is 23.5 Å². The maximum atomic E-state index is 13.2. The van der Waals surface area contributed by atoms with Gasteiger partial charge in [-0.2, -0.15) is 0 Å². The summed E-state index contributed by atoms with van der Waals surface area (Å²) in [6, 6.07) is 12.2. The van der Waals surface area contributed by atoms with E-state index in [4.69, 9.17) is 9.47 Å². The van der Waals surface area contributed by atoms with E-state index in [1.54, 1.807) is 43.3 Å². The molecule has 0 bridgehead atoms. The highest BCUT2D eigenvalue weighted by molar-refractivity contribution is 5.88. The van der Waals surface area contributed by atoms with Crippen molar-refractivity contribution in [2.75, 3.05) is 20.3 Å². The number of nitrogens with one attached hydrogen (secondary N) is 1. The predicted molar refractivity (Wildman–Crippen MR) is 113 cm³/mol. The van der Waals surface area contributed by atoms with Gasteiger partial charge in [0.1, 0.15) is 11.9 Å². The molecule has 6 nitrogen and oxygen atoms in total. The van der Waals surface area contributed by atoms with Crippen molar-refractivity contribution in [2.45, 2.75) is 39.3 Å². The quantitative estimate of drug-likeness (QED) is 0.569. The summed E-state index contributed by atoms with van der Waals surface area (Å²) in [5.41, 5.74) is 0.718. The molecule has 1 N–H and O–H groups in total. The SMILES string of the molecule is CCCCNC(=O)[C@H](C)N(Cc1ccc(F)cc1)C(=O)COc1ccccc1OC. The lowest BCUT2D eigenvalue weighted by atomic mass is 10.1. The predicted octanol–water partition coefficient (Wildman–Crippen LogP) is 3.55. The molecule has 1 atom stereocenters. The highest BCUT2D eigenvalue weighted by atomic mass is 19.1. The number of hydrogen-bond acceptors (Lipinski definition) is 4. The van der Waals surface area contributed by atoms with Crippen molar-refractivity contribution in [3.8, 4) is 11.5 Å². The molecule has 0 radical (unpaired) electrons. The summed E-state index contributed by atoms with van der Waals surface area (Å²) in [5.74, 6) is -0.00283. The van der Waals surface area contributed by atoms with Gasteiger partial charge in [-0.1, -0.05) is 37.6 Å². The van der Waals surface area contributed by atoms with E-state index < -0.39 is 6.04 Å². The second-order valence-corrected chi connectivity index (χ2v) is 6.91. The van der Waals surface area contributed by atoms with Crippen LogP contribution in [-0.4, -0.2) is 43.0 Å². The van der Waals surface area contributed by atoms with Crippen LogP contribution in [0.25, 0.3) is 0 Å². The standard InChI is InChI=1S/C23H29FN2O4/c1-4-5-14-25-23(28)17(2)26(15-18-10-12-19(24)13-11-18)22(27)16-30-21-9-7-6-8-20(21)29-3/h6-13,17H,4-5,14-16H2,1-3H3,(H,25,28)/t17-/m0/s1. The average molecular weight is 416 g/mol. The van der Waals surface area contributed by atoms with E-state index in [0.717, 1.165) is 18.4 Å². The molecule has 0 unspecified atom stereocenters. The molecule has 2 aromatic rings. The van der Waals surface area contributed by atoms with Crippen molar-refractivity contribution in [1.82, 2.24) is 10.2 Å². The van der Waals surface area contributed by atoms with Gasteiger partial charge in [0.05, 0.1) is 7.11 Å². The van der Waals surface area contributed by atoms with Gasteiger partial charge in [0.15, 0.2) is 18.1 Å². The number of benzene rings is 2. The van der Waals surface area contributed by atoms with Gasteiger partial charge in [0.25, 0.3) is 5.91 Å². The molecule has 7 heteroatoms. The minimum Gasteiger partial charge on any atom is -0.493 e. The Bertz CT molecular complexity index is 826. The number of rotatable bonds is 11. The van der Waals surface area contributed by atoms with Crippen LogP contribution in [0.5, 0.6) is 11.5 Å². The molecular weight excluding hydrogens is 387 g/mol. The van der Waals surface area contributed by atoms with Crippen LogP contribution in [0, 0.1) is 5.82 Å². The van der Waals surface area contributed by atoms with Gasteiger partial charge in [0.2, 0.25) is 5.91 Å². The van der Waals surface area contributed by atoms with Crippen LogP contribution < -0.4 is 14.8 Å². The summed E-state index contributed by atoms with van der Waals surface area (Å²) in [6.45, 7) is 4.17. The van der Waals surface area contributed by atoms with Gasteiger partial charge in [-0.25, -0.2) is 4.39 Å². The summed E-state index contributed by atoms with van der Waals surface area (Å²) < 4.78 is 24.1. The van der Waals surface area contributed by atoms with E-state index in [-0.39, 0.29) is 30.8 Å². The van der Waals surface area contributed by atoms with Crippen molar-refractivity contribution in [3.05, 3.63) is 59.9 Å². The maximum absolute atomic E-state index is 13.2. The van der Waals surface area contributed by atoms with Gasteiger partial charge in [-0.05, 0) is 43.2 Å². The maximum Gasteiger partial charge on any atom is 0.261 e. The molecule has 2 aromatic carbocycles. The highest BCUT2D eigenvalue weighted by Crippen LogP contribution is 2.25. The first kappa shape index (κ1) is 23.2. The fraction of sp³-hybridized carbons (Fsp3) is 0.391. The third kappa shape index (κ3) is 6.76. The number of unbranched alkanes of at least 4 members (excludes halogenated alkanes) is 1. The highest BCUT2D eigenvalue weighted by Gasteiger charge is 2.26. The molecule has 0 spiro atoms. The molecule has 0 saturated carbocycles. The first-order valence-electron chi connectivity index (χ1n) is 10.0. The molecule has 0 aliphatic rings. The van der Waals surface area contributed by atoms with Crippen LogP contribution >= 0.6 is 0 Å². The molecule has 0 heterocycles. The van der Waals surface area contributed by atoms with Gasteiger partial charge in [-0.3, -0.25) is 9.59 Å². The van der Waals surface area contributed by atoms with E-state index in [9.17, 15) is 14.0 Å². The fourth-order valence-electron chi connectivity index (χ4n) is 2.87. The number of halogens is 1. The minimum atomic E-state index is -0.708.